The zero-order valence-electron chi connectivity index (χ0n) is 19.9. The van der Waals surface area contributed by atoms with E-state index in [1.54, 1.807) is 4.90 Å². The third-order valence-electron chi connectivity index (χ3n) is 6.28. The van der Waals surface area contributed by atoms with Crippen molar-refractivity contribution in [3.05, 3.63) is 29.8 Å². The van der Waals surface area contributed by atoms with E-state index in [0.29, 0.717) is 71.0 Å². The number of hydrogen-bond donors (Lipinski definition) is 0. The summed E-state index contributed by atoms with van der Waals surface area (Å²) in [4.78, 5) is 42.2. The molecule has 34 heavy (non-hydrogen) atoms. The maximum atomic E-state index is 12.7. The van der Waals surface area contributed by atoms with Crippen molar-refractivity contribution in [2.24, 2.45) is 0 Å². The van der Waals surface area contributed by atoms with Gasteiger partial charge in [0.15, 0.2) is 5.78 Å². The van der Waals surface area contributed by atoms with Crippen molar-refractivity contribution < 1.29 is 27.5 Å². The number of nitrogens with zero attached hydrogens (tertiary/aromatic N) is 4. The topological polar surface area (TPSA) is 108 Å². The molecule has 0 radical (unpaired) electrons. The summed E-state index contributed by atoms with van der Waals surface area (Å²) in [5.74, 6) is -0.0284. The van der Waals surface area contributed by atoms with Gasteiger partial charge in [-0.15, -0.1) is 0 Å². The van der Waals surface area contributed by atoms with Crippen LogP contribution in [0.15, 0.2) is 29.2 Å². The predicted octanol–water partition coefficient (Wildman–Crippen LogP) is 0.293. The highest BCUT2D eigenvalue weighted by Crippen LogP contribution is 2.16. The van der Waals surface area contributed by atoms with Gasteiger partial charge >= 0.3 is 0 Å². The number of hydrogen-bond acceptors (Lipinski definition) is 7. The number of piperazine rings is 1. The van der Waals surface area contributed by atoms with E-state index < -0.39 is 10.0 Å². The van der Waals surface area contributed by atoms with Gasteiger partial charge in [0.05, 0.1) is 24.7 Å². The molecule has 3 rings (SSSR count). The largest absolute Gasteiger partial charge is 0.378 e. The van der Waals surface area contributed by atoms with E-state index in [4.69, 9.17) is 4.74 Å². The Labute approximate surface area is 201 Å². The van der Waals surface area contributed by atoms with Crippen LogP contribution in [0.3, 0.4) is 0 Å². The fraction of sp³-hybridized carbons (Fsp3) is 0.609. The molecule has 0 aliphatic carbocycles. The number of rotatable bonds is 9. The number of amides is 2. The first-order valence-corrected chi connectivity index (χ1v) is 13.1. The van der Waals surface area contributed by atoms with Gasteiger partial charge in [-0.2, -0.15) is 0 Å². The molecular formula is C23H34N4O6S. The lowest BCUT2D eigenvalue weighted by Crippen LogP contribution is -2.52. The number of benzene rings is 1. The Morgan fingerprint density at radius 2 is 1.50 bits per heavy atom. The van der Waals surface area contributed by atoms with Crippen LogP contribution in [-0.4, -0.2) is 118 Å². The lowest BCUT2D eigenvalue weighted by Gasteiger charge is -2.36. The van der Waals surface area contributed by atoms with Gasteiger partial charge < -0.3 is 14.5 Å². The van der Waals surface area contributed by atoms with Crippen molar-refractivity contribution in [3.63, 3.8) is 0 Å². The van der Waals surface area contributed by atoms with E-state index in [2.05, 4.69) is 4.90 Å². The molecule has 0 spiro atoms. The zero-order chi connectivity index (χ0) is 24.7. The Balaban J connectivity index is 1.39. The van der Waals surface area contributed by atoms with E-state index in [-0.39, 0.29) is 35.5 Å². The number of ketones is 1. The quantitative estimate of drug-likeness (QED) is 0.454. The van der Waals surface area contributed by atoms with E-state index in [1.807, 2.05) is 4.90 Å². The normalized spacial score (nSPS) is 17.7. The highest BCUT2D eigenvalue weighted by Gasteiger charge is 2.25. The first-order valence-electron chi connectivity index (χ1n) is 11.6. The van der Waals surface area contributed by atoms with Crippen molar-refractivity contribution in [3.8, 4) is 0 Å². The van der Waals surface area contributed by atoms with Crippen LogP contribution in [0.5, 0.6) is 0 Å². The fourth-order valence-electron chi connectivity index (χ4n) is 4.03. The number of sulfonamides is 1. The maximum Gasteiger partial charge on any atom is 0.242 e. The smallest absolute Gasteiger partial charge is 0.242 e. The van der Waals surface area contributed by atoms with Crippen LogP contribution >= 0.6 is 0 Å². The summed E-state index contributed by atoms with van der Waals surface area (Å²) < 4.78 is 32.0. The van der Waals surface area contributed by atoms with Crippen molar-refractivity contribution in [2.75, 3.05) is 72.6 Å². The monoisotopic (exact) mass is 494 g/mol. The number of ether oxygens (including phenoxy) is 1. The molecule has 2 saturated heterocycles. The standard InChI is InChI=1S/C23H34N4O6S/c1-19(28)20-5-7-21(8-6-20)34(31,32)24(2)9-3-4-22(29)26-12-10-25(11-13-26)18-23(30)27-14-16-33-17-15-27/h5-8H,3-4,9-18H2,1-2H3. The molecule has 0 atom stereocenters. The van der Waals surface area contributed by atoms with Crippen molar-refractivity contribution >= 4 is 27.6 Å². The van der Waals surface area contributed by atoms with Crippen molar-refractivity contribution in [2.45, 2.75) is 24.7 Å². The van der Waals surface area contributed by atoms with E-state index in [1.165, 1.54) is 42.5 Å². The molecule has 0 N–H and O–H groups in total. The molecule has 11 heteroatoms. The molecule has 1 aromatic carbocycles. The summed E-state index contributed by atoms with van der Waals surface area (Å²) >= 11 is 0. The summed E-state index contributed by atoms with van der Waals surface area (Å²) in [6.07, 6.45) is 0.672. The van der Waals surface area contributed by atoms with E-state index >= 15 is 0 Å². The van der Waals surface area contributed by atoms with Gasteiger partial charge in [0, 0.05) is 64.8 Å². The minimum atomic E-state index is -3.69. The van der Waals surface area contributed by atoms with E-state index in [0.717, 1.165) is 0 Å². The van der Waals surface area contributed by atoms with Gasteiger partial charge in [-0.05, 0) is 25.5 Å². The molecule has 2 amide bonds. The van der Waals surface area contributed by atoms with Crippen LogP contribution in [-0.2, 0) is 24.3 Å². The third-order valence-corrected chi connectivity index (χ3v) is 8.15. The number of carbonyl (C=O) groups excluding carboxylic acids is 3. The zero-order valence-corrected chi connectivity index (χ0v) is 20.8. The molecular weight excluding hydrogens is 460 g/mol. The minimum absolute atomic E-state index is 0.00392. The molecule has 2 heterocycles. The second-order valence-electron chi connectivity index (χ2n) is 8.66. The summed E-state index contributed by atoms with van der Waals surface area (Å²) in [6.45, 7) is 6.84. The van der Waals surface area contributed by atoms with Crippen LogP contribution in [0.25, 0.3) is 0 Å². The average molecular weight is 495 g/mol. The Morgan fingerprint density at radius 1 is 0.912 bits per heavy atom. The molecule has 2 aliphatic heterocycles. The van der Waals surface area contributed by atoms with Gasteiger partial charge in [-0.3, -0.25) is 19.3 Å². The molecule has 10 nitrogen and oxygen atoms in total. The lowest BCUT2D eigenvalue weighted by molar-refractivity contribution is -0.138. The van der Waals surface area contributed by atoms with Crippen LogP contribution in [0.1, 0.15) is 30.1 Å². The Kier molecular flexibility index (Phi) is 9.17. The summed E-state index contributed by atoms with van der Waals surface area (Å²) in [6, 6.07) is 5.86. The van der Waals surface area contributed by atoms with Crippen molar-refractivity contribution in [1.82, 2.24) is 19.0 Å². The van der Waals surface area contributed by atoms with Gasteiger partial charge in [0.25, 0.3) is 0 Å². The third kappa shape index (κ3) is 6.84. The first-order chi connectivity index (χ1) is 16.2. The molecule has 0 aromatic heterocycles. The van der Waals surface area contributed by atoms with E-state index in [9.17, 15) is 22.8 Å². The highest BCUT2D eigenvalue weighted by atomic mass is 32.2. The summed E-state index contributed by atoms with van der Waals surface area (Å²) in [7, 11) is -2.20. The molecule has 2 aliphatic rings. The van der Waals surface area contributed by atoms with Gasteiger partial charge in [0.1, 0.15) is 0 Å². The van der Waals surface area contributed by atoms with Crippen LogP contribution in [0, 0.1) is 0 Å². The molecule has 0 unspecified atom stereocenters. The van der Waals surface area contributed by atoms with Gasteiger partial charge in [-0.25, -0.2) is 12.7 Å². The van der Waals surface area contributed by atoms with Crippen LogP contribution in [0.2, 0.25) is 0 Å². The fourth-order valence-corrected chi connectivity index (χ4v) is 5.24. The average Bonchev–Trinajstić information content (AvgIpc) is 2.84. The summed E-state index contributed by atoms with van der Waals surface area (Å²) in [5, 5.41) is 0. The molecule has 188 valence electrons. The highest BCUT2D eigenvalue weighted by molar-refractivity contribution is 7.89. The Hall–Kier alpha value is -2.34. The van der Waals surface area contributed by atoms with Gasteiger partial charge in [0.2, 0.25) is 21.8 Å². The second-order valence-corrected chi connectivity index (χ2v) is 10.7. The second kappa shape index (κ2) is 11.9. The Bertz CT molecular complexity index is 968. The molecule has 2 fully saturated rings. The van der Waals surface area contributed by atoms with Crippen LogP contribution < -0.4 is 0 Å². The van der Waals surface area contributed by atoms with Gasteiger partial charge in [-0.1, -0.05) is 12.1 Å². The number of Topliss-reactive ketones (excluding diaryl/α,β-unsaturated/α-hetero) is 1. The minimum Gasteiger partial charge on any atom is -0.378 e. The number of morpholine rings is 1. The maximum absolute atomic E-state index is 12.7. The Morgan fingerprint density at radius 3 is 2.09 bits per heavy atom. The molecule has 0 bridgehead atoms. The molecule has 1 aromatic rings. The first kappa shape index (κ1) is 26.3. The SMILES string of the molecule is CC(=O)c1ccc(S(=O)(=O)N(C)CCCC(=O)N2CCN(CC(=O)N3CCOCC3)CC2)cc1. The summed E-state index contributed by atoms with van der Waals surface area (Å²) in [5.41, 5.74) is 0.456. The van der Waals surface area contributed by atoms with Crippen molar-refractivity contribution in [1.29, 1.82) is 0 Å². The number of carbonyl (C=O) groups is 3. The lowest BCUT2D eigenvalue weighted by atomic mass is 10.2. The van der Waals surface area contributed by atoms with Crippen LogP contribution in [0.4, 0.5) is 0 Å². The molecule has 0 saturated carbocycles. The predicted molar refractivity (Wildman–Crippen MR) is 126 cm³/mol.